The lowest BCUT2D eigenvalue weighted by Crippen LogP contribution is -2.27. The number of carboxylic acids is 1. The van der Waals surface area contributed by atoms with E-state index in [-0.39, 0.29) is 24.1 Å². The third-order valence-electron chi connectivity index (χ3n) is 3.45. The number of benzene rings is 1. The lowest BCUT2D eigenvalue weighted by atomic mass is 10.0. The molecular formula is C13H16BrNO3. The van der Waals surface area contributed by atoms with Gasteiger partial charge in [0.15, 0.2) is 0 Å². The molecule has 1 aromatic carbocycles. The van der Waals surface area contributed by atoms with Gasteiger partial charge in [0.25, 0.3) is 0 Å². The molecule has 1 aromatic rings. The average Bonchev–Trinajstić information content (AvgIpc) is 2.78. The van der Waals surface area contributed by atoms with Gasteiger partial charge in [0, 0.05) is 28.7 Å². The number of halogens is 1. The van der Waals surface area contributed by atoms with Gasteiger partial charge in [-0.2, -0.15) is 0 Å². The Morgan fingerprint density at radius 3 is 2.89 bits per heavy atom. The molecule has 4 nitrogen and oxygen atoms in total. The lowest BCUT2D eigenvalue weighted by molar-refractivity contribution is 0.0698. The summed E-state index contributed by atoms with van der Waals surface area (Å²) in [4.78, 5) is 11.2. The molecular weight excluding hydrogens is 298 g/mol. The van der Waals surface area contributed by atoms with Crippen molar-refractivity contribution in [3.63, 3.8) is 0 Å². The number of aliphatic hydroxyl groups excluding tert-OH is 1. The van der Waals surface area contributed by atoms with Crippen LogP contribution in [0.15, 0.2) is 22.7 Å². The zero-order chi connectivity index (χ0) is 13.1. The number of carbonyl (C=O) groups is 1. The number of carboxylic acid groups (broad SMARTS) is 1. The van der Waals surface area contributed by atoms with E-state index in [1.165, 1.54) is 0 Å². The number of anilines is 1. The Balaban J connectivity index is 2.20. The normalized spacial score (nSPS) is 23.0. The predicted molar refractivity (Wildman–Crippen MR) is 72.9 cm³/mol. The van der Waals surface area contributed by atoms with Gasteiger partial charge in [-0.05, 0) is 31.0 Å². The van der Waals surface area contributed by atoms with E-state index in [2.05, 4.69) is 21.2 Å². The zero-order valence-electron chi connectivity index (χ0n) is 9.90. The third kappa shape index (κ3) is 2.84. The summed E-state index contributed by atoms with van der Waals surface area (Å²) < 4.78 is 0.746. The molecule has 1 saturated carbocycles. The molecule has 0 amide bonds. The Morgan fingerprint density at radius 1 is 1.44 bits per heavy atom. The number of hydrogen-bond donors (Lipinski definition) is 3. The summed E-state index contributed by atoms with van der Waals surface area (Å²) in [5, 5.41) is 21.7. The molecule has 0 aromatic heterocycles. The van der Waals surface area contributed by atoms with Gasteiger partial charge in [0.1, 0.15) is 0 Å². The summed E-state index contributed by atoms with van der Waals surface area (Å²) >= 11 is 3.27. The van der Waals surface area contributed by atoms with Crippen LogP contribution in [-0.2, 0) is 0 Å². The minimum absolute atomic E-state index is 0.149. The van der Waals surface area contributed by atoms with E-state index in [1.54, 1.807) is 12.1 Å². The van der Waals surface area contributed by atoms with Gasteiger partial charge in [-0.25, -0.2) is 4.79 Å². The number of aliphatic hydroxyl groups is 1. The van der Waals surface area contributed by atoms with Crippen LogP contribution in [0, 0.1) is 5.92 Å². The first-order valence-electron chi connectivity index (χ1n) is 6.02. The molecule has 98 valence electrons. The fourth-order valence-corrected chi connectivity index (χ4v) is 2.83. The first kappa shape index (κ1) is 13.4. The highest BCUT2D eigenvalue weighted by atomic mass is 79.9. The fourth-order valence-electron chi connectivity index (χ4n) is 2.46. The maximum atomic E-state index is 11.2. The minimum atomic E-state index is -0.947. The fraction of sp³-hybridized carbons (Fsp3) is 0.462. The number of nitrogens with one attached hydrogen (secondary N) is 1. The Kier molecular flexibility index (Phi) is 4.24. The second-order valence-corrected chi connectivity index (χ2v) is 5.54. The average molecular weight is 314 g/mol. The third-order valence-corrected chi connectivity index (χ3v) is 3.94. The van der Waals surface area contributed by atoms with E-state index in [4.69, 9.17) is 0 Å². The summed E-state index contributed by atoms with van der Waals surface area (Å²) in [5.41, 5.74) is 0.879. The van der Waals surface area contributed by atoms with Gasteiger partial charge in [-0.1, -0.05) is 22.4 Å². The summed E-state index contributed by atoms with van der Waals surface area (Å²) in [5.74, 6) is -0.729. The van der Waals surface area contributed by atoms with Crippen molar-refractivity contribution in [1.29, 1.82) is 0 Å². The summed E-state index contributed by atoms with van der Waals surface area (Å²) in [6.07, 6.45) is 3.04. The summed E-state index contributed by atoms with van der Waals surface area (Å²) in [6.45, 7) is 0.149. The minimum Gasteiger partial charge on any atom is -0.478 e. The Hall–Kier alpha value is -1.07. The first-order chi connectivity index (χ1) is 8.61. The van der Waals surface area contributed by atoms with Gasteiger partial charge in [0.05, 0.1) is 5.56 Å². The van der Waals surface area contributed by atoms with Crippen molar-refractivity contribution in [3.05, 3.63) is 28.2 Å². The second-order valence-electron chi connectivity index (χ2n) is 4.62. The Labute approximate surface area is 114 Å². The Bertz CT molecular complexity index is 450. The highest BCUT2D eigenvalue weighted by Crippen LogP contribution is 2.30. The van der Waals surface area contributed by atoms with Crippen molar-refractivity contribution in [1.82, 2.24) is 0 Å². The largest absolute Gasteiger partial charge is 0.478 e. The van der Waals surface area contributed by atoms with Gasteiger partial charge in [-0.15, -0.1) is 0 Å². The van der Waals surface area contributed by atoms with Crippen LogP contribution in [0.2, 0.25) is 0 Å². The standard InChI is InChI=1S/C13H16BrNO3/c14-9-4-5-12(10(6-9)13(17)18)15-11-3-1-2-8(11)7-16/h4-6,8,11,15-16H,1-3,7H2,(H,17,18). The number of rotatable bonds is 4. The van der Waals surface area contributed by atoms with Crippen molar-refractivity contribution >= 4 is 27.6 Å². The van der Waals surface area contributed by atoms with E-state index in [0.717, 1.165) is 23.7 Å². The van der Waals surface area contributed by atoms with Crippen LogP contribution in [0.3, 0.4) is 0 Å². The zero-order valence-corrected chi connectivity index (χ0v) is 11.5. The molecule has 5 heteroatoms. The van der Waals surface area contributed by atoms with E-state index in [1.807, 2.05) is 6.07 Å². The highest BCUT2D eigenvalue weighted by Gasteiger charge is 2.27. The molecule has 2 unspecified atom stereocenters. The molecule has 1 aliphatic carbocycles. The quantitative estimate of drug-likeness (QED) is 0.799. The van der Waals surface area contributed by atoms with Gasteiger partial charge < -0.3 is 15.5 Å². The molecule has 1 fully saturated rings. The van der Waals surface area contributed by atoms with E-state index in [0.29, 0.717) is 5.69 Å². The molecule has 0 radical (unpaired) electrons. The molecule has 0 bridgehead atoms. The molecule has 0 spiro atoms. The second kappa shape index (κ2) is 5.71. The van der Waals surface area contributed by atoms with Crippen molar-refractivity contribution in [2.75, 3.05) is 11.9 Å². The molecule has 0 saturated heterocycles. The monoisotopic (exact) mass is 313 g/mol. The smallest absolute Gasteiger partial charge is 0.337 e. The van der Waals surface area contributed by atoms with Crippen LogP contribution < -0.4 is 5.32 Å². The van der Waals surface area contributed by atoms with Crippen LogP contribution in [0.5, 0.6) is 0 Å². The van der Waals surface area contributed by atoms with Crippen LogP contribution in [-0.4, -0.2) is 28.8 Å². The summed E-state index contributed by atoms with van der Waals surface area (Å²) in [6, 6.07) is 5.33. The molecule has 3 N–H and O–H groups in total. The van der Waals surface area contributed by atoms with Gasteiger partial charge in [0.2, 0.25) is 0 Å². The lowest BCUT2D eigenvalue weighted by Gasteiger charge is -2.21. The molecule has 18 heavy (non-hydrogen) atoms. The van der Waals surface area contributed by atoms with E-state index < -0.39 is 5.97 Å². The maximum Gasteiger partial charge on any atom is 0.337 e. The summed E-state index contributed by atoms with van der Waals surface area (Å²) in [7, 11) is 0. The highest BCUT2D eigenvalue weighted by molar-refractivity contribution is 9.10. The molecule has 0 aliphatic heterocycles. The molecule has 2 rings (SSSR count). The predicted octanol–water partition coefficient (Wildman–Crippen LogP) is 2.72. The number of hydrogen-bond acceptors (Lipinski definition) is 3. The molecule has 0 heterocycles. The van der Waals surface area contributed by atoms with E-state index >= 15 is 0 Å². The van der Waals surface area contributed by atoms with Crippen molar-refractivity contribution in [3.8, 4) is 0 Å². The SMILES string of the molecule is O=C(O)c1cc(Br)ccc1NC1CCCC1CO. The molecule has 2 atom stereocenters. The Morgan fingerprint density at radius 2 is 2.22 bits per heavy atom. The van der Waals surface area contributed by atoms with E-state index in [9.17, 15) is 15.0 Å². The van der Waals surface area contributed by atoms with Gasteiger partial charge >= 0.3 is 5.97 Å². The van der Waals surface area contributed by atoms with Crippen LogP contribution in [0.4, 0.5) is 5.69 Å². The maximum absolute atomic E-state index is 11.2. The topological polar surface area (TPSA) is 69.6 Å². The van der Waals surface area contributed by atoms with Crippen LogP contribution in [0.25, 0.3) is 0 Å². The van der Waals surface area contributed by atoms with Gasteiger partial charge in [-0.3, -0.25) is 0 Å². The first-order valence-corrected chi connectivity index (χ1v) is 6.81. The van der Waals surface area contributed by atoms with Crippen LogP contribution in [0.1, 0.15) is 29.6 Å². The van der Waals surface area contributed by atoms with Crippen molar-refractivity contribution in [2.45, 2.75) is 25.3 Å². The number of aromatic carboxylic acids is 1. The van der Waals surface area contributed by atoms with Crippen molar-refractivity contribution < 1.29 is 15.0 Å². The van der Waals surface area contributed by atoms with Crippen LogP contribution >= 0.6 is 15.9 Å². The van der Waals surface area contributed by atoms with Crippen molar-refractivity contribution in [2.24, 2.45) is 5.92 Å². The molecule has 1 aliphatic rings.